The number of nitrogens with one attached hydrogen (secondary N) is 1. The van der Waals surface area contributed by atoms with E-state index >= 15 is 0 Å². The second-order valence-electron chi connectivity index (χ2n) is 8.35. The van der Waals surface area contributed by atoms with Gasteiger partial charge < -0.3 is 9.15 Å². The van der Waals surface area contributed by atoms with Crippen LogP contribution in [0.4, 0.5) is 5.95 Å². The Morgan fingerprint density at radius 1 is 1.10 bits per heavy atom. The Hall–Kier alpha value is -2.84. The number of amides is 1. The van der Waals surface area contributed by atoms with E-state index in [-0.39, 0.29) is 11.8 Å². The van der Waals surface area contributed by atoms with Crippen LogP contribution in [0.5, 0.6) is 0 Å². The van der Waals surface area contributed by atoms with Gasteiger partial charge in [0.15, 0.2) is 11.7 Å². The van der Waals surface area contributed by atoms with E-state index in [9.17, 15) is 4.79 Å². The summed E-state index contributed by atoms with van der Waals surface area (Å²) in [6, 6.07) is 6.40. The molecule has 162 valence electrons. The van der Waals surface area contributed by atoms with Crippen LogP contribution < -0.4 is 5.32 Å². The predicted octanol–water partition coefficient (Wildman–Crippen LogP) is 3.42. The van der Waals surface area contributed by atoms with Gasteiger partial charge in [-0.1, -0.05) is 12.1 Å². The van der Waals surface area contributed by atoms with Crippen molar-refractivity contribution in [1.29, 1.82) is 0 Å². The molecule has 1 saturated heterocycles. The Kier molecular flexibility index (Phi) is 5.65. The Bertz CT molecular complexity index is 1070. The zero-order valence-corrected chi connectivity index (χ0v) is 17.7. The first-order valence-electron chi connectivity index (χ1n) is 11.0. The molecule has 0 unspecified atom stereocenters. The van der Waals surface area contributed by atoms with Gasteiger partial charge in [-0.25, -0.2) is 15.0 Å². The molecule has 0 radical (unpaired) electrons. The molecule has 1 N–H and O–H groups in total. The van der Waals surface area contributed by atoms with Gasteiger partial charge in [-0.2, -0.15) is 0 Å². The topological polar surface area (TPSA) is 93.4 Å². The third kappa shape index (κ3) is 4.45. The second-order valence-corrected chi connectivity index (χ2v) is 8.35. The number of carbonyl (C=O) groups is 1. The summed E-state index contributed by atoms with van der Waals surface area (Å²) >= 11 is 0. The Balaban J connectivity index is 1.24. The van der Waals surface area contributed by atoms with Gasteiger partial charge in [0.05, 0.1) is 24.9 Å². The maximum absolute atomic E-state index is 12.8. The minimum absolute atomic E-state index is 0.0140. The highest BCUT2D eigenvalue weighted by atomic mass is 16.5. The molecule has 8 heteroatoms. The standard InChI is InChI=1S/C23H27N5O3/c1-15-24-14-21(31-15)17-2-3-18-13-25-23(26-20(18)12-17)27-22(29)16-4-6-19(7-5-16)28-8-10-30-11-9-28/h2-3,12-14,16,19H,4-11H2,1H3,(H,25,26,27,29)/t16-,19-. The van der Waals surface area contributed by atoms with Gasteiger partial charge in [0.1, 0.15) is 0 Å². The summed E-state index contributed by atoms with van der Waals surface area (Å²) in [6.45, 7) is 5.45. The van der Waals surface area contributed by atoms with E-state index in [0.29, 0.717) is 23.6 Å². The summed E-state index contributed by atoms with van der Waals surface area (Å²) in [4.78, 5) is 28.4. The van der Waals surface area contributed by atoms with Crippen LogP contribution in [0, 0.1) is 12.8 Å². The van der Waals surface area contributed by atoms with Crippen molar-refractivity contribution >= 4 is 22.8 Å². The normalized spacial score (nSPS) is 22.5. The molecule has 3 aromatic rings. The Labute approximate surface area is 181 Å². The average molecular weight is 422 g/mol. The number of oxazole rings is 1. The third-order valence-corrected chi connectivity index (χ3v) is 6.35. The number of aromatic nitrogens is 3. The number of nitrogens with zero attached hydrogens (tertiary/aromatic N) is 4. The van der Waals surface area contributed by atoms with Crippen molar-refractivity contribution in [1.82, 2.24) is 19.9 Å². The summed E-state index contributed by atoms with van der Waals surface area (Å²) in [6.07, 6.45) is 7.34. The zero-order chi connectivity index (χ0) is 21.2. The number of rotatable bonds is 4. The van der Waals surface area contributed by atoms with Crippen molar-refractivity contribution in [2.45, 2.75) is 38.6 Å². The van der Waals surface area contributed by atoms with Crippen LogP contribution in [0.15, 0.2) is 35.0 Å². The molecule has 2 fully saturated rings. The minimum atomic E-state index is 0.0140. The van der Waals surface area contributed by atoms with Gasteiger partial charge in [-0.3, -0.25) is 15.0 Å². The van der Waals surface area contributed by atoms with E-state index in [1.54, 1.807) is 12.4 Å². The van der Waals surface area contributed by atoms with Crippen LogP contribution in [0.2, 0.25) is 0 Å². The molecule has 1 aliphatic carbocycles. The fourth-order valence-electron chi connectivity index (χ4n) is 4.59. The van der Waals surface area contributed by atoms with Gasteiger partial charge in [0, 0.05) is 49.1 Å². The number of hydrogen-bond donors (Lipinski definition) is 1. The molecule has 2 aromatic heterocycles. The highest BCUT2D eigenvalue weighted by Crippen LogP contribution is 2.29. The van der Waals surface area contributed by atoms with E-state index in [2.05, 4.69) is 25.2 Å². The average Bonchev–Trinajstić information content (AvgIpc) is 3.25. The summed E-state index contributed by atoms with van der Waals surface area (Å²) in [5.74, 6) is 1.69. The van der Waals surface area contributed by atoms with Crippen molar-refractivity contribution < 1.29 is 13.9 Å². The van der Waals surface area contributed by atoms with E-state index in [1.807, 2.05) is 25.1 Å². The molecule has 3 heterocycles. The number of morpholine rings is 1. The zero-order valence-electron chi connectivity index (χ0n) is 17.7. The first kappa shape index (κ1) is 20.1. The summed E-state index contributed by atoms with van der Waals surface area (Å²) in [7, 11) is 0. The van der Waals surface area contributed by atoms with E-state index in [0.717, 1.165) is 68.5 Å². The van der Waals surface area contributed by atoms with Gasteiger partial charge in [0.25, 0.3) is 0 Å². The first-order chi connectivity index (χ1) is 15.2. The maximum Gasteiger partial charge on any atom is 0.229 e. The Morgan fingerprint density at radius 3 is 2.65 bits per heavy atom. The molecular weight excluding hydrogens is 394 g/mol. The largest absolute Gasteiger partial charge is 0.441 e. The van der Waals surface area contributed by atoms with Gasteiger partial charge in [-0.15, -0.1) is 0 Å². The first-order valence-corrected chi connectivity index (χ1v) is 11.0. The fraction of sp³-hybridized carbons (Fsp3) is 0.478. The van der Waals surface area contributed by atoms with Crippen LogP contribution in [-0.4, -0.2) is 58.1 Å². The predicted molar refractivity (Wildman–Crippen MR) is 117 cm³/mol. The summed E-state index contributed by atoms with van der Waals surface area (Å²) < 4.78 is 11.1. The van der Waals surface area contributed by atoms with Gasteiger partial charge in [0.2, 0.25) is 11.9 Å². The van der Waals surface area contributed by atoms with E-state index in [4.69, 9.17) is 9.15 Å². The second kappa shape index (κ2) is 8.72. The molecule has 5 rings (SSSR count). The van der Waals surface area contributed by atoms with Crippen LogP contribution in [0.25, 0.3) is 22.2 Å². The maximum atomic E-state index is 12.8. The van der Waals surface area contributed by atoms with Crippen LogP contribution in [-0.2, 0) is 9.53 Å². The lowest BCUT2D eigenvalue weighted by Gasteiger charge is -2.38. The molecule has 8 nitrogen and oxygen atoms in total. The van der Waals surface area contributed by atoms with Crippen molar-refractivity contribution in [3.8, 4) is 11.3 Å². The van der Waals surface area contributed by atoms with E-state index < -0.39 is 0 Å². The smallest absolute Gasteiger partial charge is 0.229 e. The number of ether oxygens (including phenoxy) is 1. The fourth-order valence-corrected chi connectivity index (χ4v) is 4.59. The lowest BCUT2D eigenvalue weighted by Crippen LogP contribution is -2.45. The third-order valence-electron chi connectivity index (χ3n) is 6.35. The molecular formula is C23H27N5O3. The molecule has 31 heavy (non-hydrogen) atoms. The van der Waals surface area contributed by atoms with Crippen LogP contribution in [0.1, 0.15) is 31.6 Å². The highest BCUT2D eigenvalue weighted by molar-refractivity contribution is 5.92. The van der Waals surface area contributed by atoms with E-state index in [1.165, 1.54) is 0 Å². The molecule has 1 aliphatic heterocycles. The molecule has 0 spiro atoms. The Morgan fingerprint density at radius 2 is 1.90 bits per heavy atom. The van der Waals surface area contributed by atoms with Gasteiger partial charge >= 0.3 is 0 Å². The highest BCUT2D eigenvalue weighted by Gasteiger charge is 2.30. The van der Waals surface area contributed by atoms with Crippen LogP contribution >= 0.6 is 0 Å². The molecule has 0 atom stereocenters. The minimum Gasteiger partial charge on any atom is -0.441 e. The number of anilines is 1. The lowest BCUT2D eigenvalue weighted by molar-refractivity contribution is -0.121. The molecule has 1 amide bonds. The molecule has 1 aromatic carbocycles. The SMILES string of the molecule is Cc1ncc(-c2ccc3cnc(NC(=O)[C@H]4CC[C@H](N5CCOCC5)CC4)nc3c2)o1. The van der Waals surface area contributed by atoms with Crippen molar-refractivity contribution in [3.63, 3.8) is 0 Å². The summed E-state index contributed by atoms with van der Waals surface area (Å²) in [5, 5.41) is 3.84. The van der Waals surface area contributed by atoms with Crippen molar-refractivity contribution in [2.75, 3.05) is 31.6 Å². The number of carbonyl (C=O) groups excluding carboxylic acids is 1. The number of fused-ring (bicyclic) bond motifs is 1. The lowest BCUT2D eigenvalue weighted by atomic mass is 9.84. The quantitative estimate of drug-likeness (QED) is 0.690. The number of hydrogen-bond acceptors (Lipinski definition) is 7. The van der Waals surface area contributed by atoms with Crippen molar-refractivity contribution in [2.24, 2.45) is 5.92 Å². The van der Waals surface area contributed by atoms with Gasteiger partial charge in [-0.05, 0) is 31.7 Å². The molecule has 0 bridgehead atoms. The monoisotopic (exact) mass is 421 g/mol. The van der Waals surface area contributed by atoms with Crippen molar-refractivity contribution in [3.05, 3.63) is 36.5 Å². The molecule has 1 saturated carbocycles. The number of benzene rings is 1. The van der Waals surface area contributed by atoms with Crippen LogP contribution in [0.3, 0.4) is 0 Å². The molecule has 2 aliphatic rings. The summed E-state index contributed by atoms with van der Waals surface area (Å²) in [5.41, 5.74) is 1.65. The number of aryl methyl sites for hydroxylation is 1.